The maximum Gasteiger partial charge on any atom is 0.409 e. The van der Waals surface area contributed by atoms with Gasteiger partial charge in [-0.2, -0.15) is 0 Å². The van der Waals surface area contributed by atoms with Crippen LogP contribution in [-0.4, -0.2) is 73.7 Å². The highest BCUT2D eigenvalue weighted by atomic mass is 16.6. The predicted octanol–water partition coefficient (Wildman–Crippen LogP) is 2.07. The highest BCUT2D eigenvalue weighted by Crippen LogP contribution is 2.17. The van der Waals surface area contributed by atoms with Crippen LogP contribution in [0.1, 0.15) is 17.4 Å². The molecule has 29 heavy (non-hydrogen) atoms. The average molecular weight is 398 g/mol. The summed E-state index contributed by atoms with van der Waals surface area (Å²) in [6.07, 6.45) is 1.27. The number of rotatable bonds is 5. The van der Waals surface area contributed by atoms with Gasteiger partial charge in [-0.25, -0.2) is 14.8 Å². The maximum absolute atomic E-state index is 12.6. The van der Waals surface area contributed by atoms with E-state index in [9.17, 15) is 9.59 Å². The Morgan fingerprint density at radius 3 is 2.41 bits per heavy atom. The van der Waals surface area contributed by atoms with Crippen LogP contribution in [0.3, 0.4) is 0 Å². The minimum absolute atomic E-state index is 0.291. The number of nitrogens with one attached hydrogen (secondary N) is 1. The van der Waals surface area contributed by atoms with E-state index < -0.39 is 0 Å². The Morgan fingerprint density at radius 2 is 1.79 bits per heavy atom. The molecule has 154 valence electrons. The Bertz CT molecular complexity index is 848. The fraction of sp³-hybridized carbons (Fsp3) is 0.400. The lowest BCUT2D eigenvalue weighted by Crippen LogP contribution is -2.49. The normalized spacial score (nSPS) is 13.8. The summed E-state index contributed by atoms with van der Waals surface area (Å²) in [6.45, 7) is 4.35. The van der Waals surface area contributed by atoms with Crippen LogP contribution in [0.4, 0.5) is 22.1 Å². The van der Waals surface area contributed by atoms with E-state index >= 15 is 0 Å². The van der Waals surface area contributed by atoms with Gasteiger partial charge in [0.2, 0.25) is 5.95 Å². The average Bonchev–Trinajstić information content (AvgIpc) is 2.74. The molecule has 0 bridgehead atoms. The number of anilines is 3. The summed E-state index contributed by atoms with van der Waals surface area (Å²) in [6, 6.07) is 9.16. The second kappa shape index (κ2) is 9.22. The van der Waals surface area contributed by atoms with Crippen LogP contribution in [0.15, 0.2) is 36.5 Å². The largest absolute Gasteiger partial charge is 0.450 e. The lowest BCUT2D eigenvalue weighted by molar-refractivity contribution is 0.102. The molecule has 0 spiro atoms. The summed E-state index contributed by atoms with van der Waals surface area (Å²) >= 11 is 0. The zero-order valence-corrected chi connectivity index (χ0v) is 17.0. The molecule has 2 heterocycles. The number of aromatic nitrogens is 2. The van der Waals surface area contributed by atoms with Gasteiger partial charge in [-0.15, -0.1) is 0 Å². The Morgan fingerprint density at radius 1 is 1.10 bits per heavy atom. The first kappa shape index (κ1) is 20.4. The smallest absolute Gasteiger partial charge is 0.409 e. The molecular formula is C20H26N6O3. The van der Waals surface area contributed by atoms with E-state index in [0.717, 1.165) is 5.69 Å². The molecule has 2 amide bonds. The van der Waals surface area contributed by atoms with Gasteiger partial charge in [-0.3, -0.25) is 4.79 Å². The van der Waals surface area contributed by atoms with E-state index in [4.69, 9.17) is 4.74 Å². The van der Waals surface area contributed by atoms with Crippen molar-refractivity contribution in [3.63, 3.8) is 0 Å². The molecule has 1 aliphatic heterocycles. The van der Waals surface area contributed by atoms with Crippen LogP contribution in [-0.2, 0) is 4.74 Å². The van der Waals surface area contributed by atoms with Crippen molar-refractivity contribution >= 4 is 29.3 Å². The molecule has 1 aliphatic rings. The monoisotopic (exact) mass is 398 g/mol. The van der Waals surface area contributed by atoms with Gasteiger partial charge in [0.25, 0.3) is 5.91 Å². The topological polar surface area (TPSA) is 90.9 Å². The molecule has 1 aromatic carbocycles. The van der Waals surface area contributed by atoms with Gasteiger partial charge in [0.15, 0.2) is 0 Å². The highest BCUT2D eigenvalue weighted by Gasteiger charge is 2.23. The molecule has 2 aromatic rings. The van der Waals surface area contributed by atoms with Crippen LogP contribution in [0, 0.1) is 0 Å². The zero-order valence-electron chi connectivity index (χ0n) is 17.0. The Balaban J connectivity index is 1.62. The molecule has 1 aromatic heterocycles. The first-order valence-corrected chi connectivity index (χ1v) is 9.56. The van der Waals surface area contributed by atoms with E-state index in [1.54, 1.807) is 24.1 Å². The molecule has 0 unspecified atom stereocenters. The Kier molecular flexibility index (Phi) is 6.48. The number of benzene rings is 1. The molecule has 1 fully saturated rings. The van der Waals surface area contributed by atoms with Gasteiger partial charge in [-0.1, -0.05) is 0 Å². The third-order valence-electron chi connectivity index (χ3n) is 4.61. The summed E-state index contributed by atoms with van der Waals surface area (Å²) in [5, 5.41) is 2.85. The third-order valence-corrected chi connectivity index (χ3v) is 4.61. The van der Waals surface area contributed by atoms with Crippen molar-refractivity contribution in [3.05, 3.63) is 42.2 Å². The van der Waals surface area contributed by atoms with Crippen LogP contribution >= 0.6 is 0 Å². The molecule has 0 saturated carbocycles. The summed E-state index contributed by atoms with van der Waals surface area (Å²) in [5.41, 5.74) is 2.04. The van der Waals surface area contributed by atoms with E-state index in [-0.39, 0.29) is 12.0 Å². The predicted molar refractivity (Wildman–Crippen MR) is 112 cm³/mol. The van der Waals surface area contributed by atoms with Crippen LogP contribution in [0.25, 0.3) is 0 Å². The quantitative estimate of drug-likeness (QED) is 0.824. The van der Waals surface area contributed by atoms with Crippen LogP contribution < -0.4 is 15.1 Å². The first-order valence-electron chi connectivity index (χ1n) is 9.56. The van der Waals surface area contributed by atoms with Gasteiger partial charge in [0.1, 0.15) is 5.69 Å². The lowest BCUT2D eigenvalue weighted by atomic mass is 10.2. The van der Waals surface area contributed by atoms with Crippen molar-refractivity contribution in [3.8, 4) is 0 Å². The Labute approximate surface area is 170 Å². The van der Waals surface area contributed by atoms with E-state index in [1.165, 1.54) is 0 Å². The lowest BCUT2D eigenvalue weighted by Gasteiger charge is -2.34. The first-order chi connectivity index (χ1) is 14.0. The van der Waals surface area contributed by atoms with Gasteiger partial charge in [-0.05, 0) is 37.3 Å². The second-order valence-electron chi connectivity index (χ2n) is 6.81. The molecule has 1 saturated heterocycles. The standard InChI is InChI=1S/C20H26N6O3/c1-4-29-20(28)26-13-11-25(12-14-26)19-21-10-9-17(23-19)18(27)22-15-5-7-16(8-6-15)24(2)3/h5-10H,4,11-14H2,1-3H3,(H,22,27). The van der Waals surface area contributed by atoms with Gasteiger partial charge >= 0.3 is 6.09 Å². The van der Waals surface area contributed by atoms with E-state index in [2.05, 4.69) is 15.3 Å². The number of nitrogens with zero attached hydrogens (tertiary/aromatic N) is 5. The molecule has 3 rings (SSSR count). The Hall–Kier alpha value is -3.36. The minimum atomic E-state index is -0.304. The molecule has 1 N–H and O–H groups in total. The summed E-state index contributed by atoms with van der Waals surface area (Å²) in [5.74, 6) is 0.181. The number of carbonyl (C=O) groups excluding carboxylic acids is 2. The fourth-order valence-corrected chi connectivity index (χ4v) is 2.97. The van der Waals surface area contributed by atoms with Crippen molar-refractivity contribution in [1.29, 1.82) is 0 Å². The molecule has 0 radical (unpaired) electrons. The second-order valence-corrected chi connectivity index (χ2v) is 6.81. The fourth-order valence-electron chi connectivity index (χ4n) is 2.97. The molecule has 0 atom stereocenters. The molecular weight excluding hydrogens is 372 g/mol. The van der Waals surface area contributed by atoms with E-state index in [1.807, 2.05) is 48.2 Å². The third kappa shape index (κ3) is 5.13. The maximum atomic E-state index is 12.6. The van der Waals surface area contributed by atoms with Crippen LogP contribution in [0.5, 0.6) is 0 Å². The summed E-state index contributed by atoms with van der Waals surface area (Å²) in [7, 11) is 3.92. The van der Waals surface area contributed by atoms with Crippen molar-refractivity contribution in [2.75, 3.05) is 62.0 Å². The van der Waals surface area contributed by atoms with Gasteiger partial charge < -0.3 is 24.8 Å². The van der Waals surface area contributed by atoms with Gasteiger partial charge in [0.05, 0.1) is 6.61 Å². The number of hydrogen-bond donors (Lipinski definition) is 1. The summed E-state index contributed by atoms with van der Waals surface area (Å²) < 4.78 is 5.03. The zero-order chi connectivity index (χ0) is 20.8. The SMILES string of the molecule is CCOC(=O)N1CCN(c2nccc(C(=O)Nc3ccc(N(C)C)cc3)n2)CC1. The number of hydrogen-bond acceptors (Lipinski definition) is 7. The van der Waals surface area contributed by atoms with Crippen LogP contribution in [0.2, 0.25) is 0 Å². The van der Waals surface area contributed by atoms with Gasteiger partial charge in [0, 0.05) is 57.8 Å². The van der Waals surface area contributed by atoms with Crippen molar-refractivity contribution in [2.45, 2.75) is 6.92 Å². The molecule has 9 nitrogen and oxygen atoms in total. The molecule has 0 aliphatic carbocycles. The number of amides is 2. The number of ether oxygens (including phenoxy) is 1. The van der Waals surface area contributed by atoms with Crippen molar-refractivity contribution in [1.82, 2.24) is 14.9 Å². The number of piperazine rings is 1. The summed E-state index contributed by atoms with van der Waals surface area (Å²) in [4.78, 5) is 38.7. The number of carbonyl (C=O) groups is 2. The molecule has 9 heteroatoms. The minimum Gasteiger partial charge on any atom is -0.450 e. The van der Waals surface area contributed by atoms with Crippen molar-refractivity contribution < 1.29 is 14.3 Å². The highest BCUT2D eigenvalue weighted by molar-refractivity contribution is 6.03. The van der Waals surface area contributed by atoms with Crippen molar-refractivity contribution in [2.24, 2.45) is 0 Å². The van der Waals surface area contributed by atoms with E-state index in [0.29, 0.717) is 50.1 Å².